The SMILES string of the molecule is Clc1cccc(-c2nc(-c3ccccc3)nc(-c3ccc4c(c3)oc3ccccc34)n2)c1.Clc1nc(-c2ccccc2)nc(-c2ccc3c(c2)oc2ccccc23)n1.F.OB(O)c1cccc(Cl)c1. The molecule has 0 radical (unpaired) electrons. The van der Waals surface area contributed by atoms with Crippen LogP contribution in [-0.4, -0.2) is 47.1 Å². The minimum atomic E-state index is -1.43. The van der Waals surface area contributed by atoms with Crippen molar-refractivity contribution < 1.29 is 23.6 Å². The van der Waals surface area contributed by atoms with Crippen LogP contribution in [0.15, 0.2) is 203 Å². The van der Waals surface area contributed by atoms with Crippen molar-refractivity contribution in [2.45, 2.75) is 0 Å². The standard InChI is InChI=1S/C27H16ClN3O.C21H12ClN3O.C6H6BClO2.FH/c28-20-10-6-9-18(15-20)26-29-25(17-7-2-1-3-8-17)30-27(31-26)19-13-14-22-21-11-4-5-12-23(21)32-24(22)16-19;22-21-24-19(13-6-2-1-3-7-13)23-20(25-21)14-10-11-16-15-8-4-5-9-17(15)26-18(16)12-14;8-6-3-1-2-5(4-6)7(9)10;/h1-16H;1-12H;1-4,9-10H;1H. The summed E-state index contributed by atoms with van der Waals surface area (Å²) in [6.07, 6.45) is 0. The average molecular weight is 968 g/mol. The molecule has 0 atom stereocenters. The largest absolute Gasteiger partial charge is 0.488 e. The van der Waals surface area contributed by atoms with E-state index in [0.717, 1.165) is 71.7 Å². The van der Waals surface area contributed by atoms with Gasteiger partial charge in [0.1, 0.15) is 22.3 Å². The molecule has 2 N–H and O–H groups in total. The normalized spacial score (nSPS) is 10.9. The Morgan fingerprint density at radius 1 is 0.333 bits per heavy atom. The molecule has 12 aromatic rings. The fourth-order valence-corrected chi connectivity index (χ4v) is 8.12. The lowest BCUT2D eigenvalue weighted by Gasteiger charge is -2.08. The van der Waals surface area contributed by atoms with E-state index in [0.29, 0.717) is 44.6 Å². The molecule has 4 heterocycles. The van der Waals surface area contributed by atoms with Crippen molar-refractivity contribution in [3.8, 4) is 56.9 Å². The Hall–Kier alpha value is -7.84. The first-order valence-electron chi connectivity index (χ1n) is 21.2. The molecule has 0 unspecified atom stereocenters. The van der Waals surface area contributed by atoms with E-state index in [9.17, 15) is 0 Å². The molecule has 0 amide bonds. The predicted octanol–water partition coefficient (Wildman–Crippen LogP) is 13.4. The zero-order valence-electron chi connectivity index (χ0n) is 36.0. The van der Waals surface area contributed by atoms with E-state index in [1.807, 2.05) is 158 Å². The number of aromatic nitrogens is 6. The number of fused-ring (bicyclic) bond motifs is 6. The summed E-state index contributed by atoms with van der Waals surface area (Å²) in [5.41, 5.74) is 8.06. The van der Waals surface area contributed by atoms with E-state index < -0.39 is 7.12 Å². The van der Waals surface area contributed by atoms with Crippen LogP contribution in [0.2, 0.25) is 15.3 Å². The van der Waals surface area contributed by atoms with Crippen molar-refractivity contribution in [2.75, 3.05) is 0 Å². The summed E-state index contributed by atoms with van der Waals surface area (Å²) >= 11 is 17.9. The molecule has 0 saturated heterocycles. The highest BCUT2D eigenvalue weighted by Crippen LogP contribution is 2.34. The molecule has 0 fully saturated rings. The van der Waals surface area contributed by atoms with E-state index >= 15 is 0 Å². The van der Waals surface area contributed by atoms with Gasteiger partial charge in [-0.1, -0.05) is 157 Å². The highest BCUT2D eigenvalue weighted by atomic mass is 35.5. The third-order valence-corrected chi connectivity index (χ3v) is 11.5. The predicted molar refractivity (Wildman–Crippen MR) is 275 cm³/mol. The van der Waals surface area contributed by atoms with Crippen LogP contribution in [0.4, 0.5) is 4.70 Å². The van der Waals surface area contributed by atoms with Gasteiger partial charge >= 0.3 is 7.12 Å². The van der Waals surface area contributed by atoms with Crippen LogP contribution in [-0.2, 0) is 0 Å². The molecule has 8 aromatic carbocycles. The highest BCUT2D eigenvalue weighted by Gasteiger charge is 2.16. The molecule has 10 nitrogen and oxygen atoms in total. The smallest absolute Gasteiger partial charge is 0.456 e. The summed E-state index contributed by atoms with van der Waals surface area (Å²) in [5.74, 6) is 2.82. The molecule has 0 aliphatic heterocycles. The van der Waals surface area contributed by atoms with Crippen LogP contribution in [0.1, 0.15) is 0 Å². The van der Waals surface area contributed by atoms with Crippen LogP contribution in [0.5, 0.6) is 0 Å². The van der Waals surface area contributed by atoms with Crippen LogP contribution >= 0.6 is 34.8 Å². The first kappa shape index (κ1) is 46.3. The molecular formula is C54H35BCl3FN6O4. The van der Waals surface area contributed by atoms with Crippen molar-refractivity contribution in [1.82, 2.24) is 29.9 Å². The lowest BCUT2D eigenvalue weighted by atomic mass is 9.81. The maximum absolute atomic E-state index is 8.65. The molecular weight excluding hydrogens is 933 g/mol. The number of rotatable bonds is 6. The van der Waals surface area contributed by atoms with E-state index in [4.69, 9.17) is 68.6 Å². The Morgan fingerprint density at radius 3 is 1.17 bits per heavy atom. The van der Waals surface area contributed by atoms with Gasteiger partial charge in [-0.15, -0.1) is 0 Å². The quantitative estimate of drug-likeness (QED) is 0.155. The van der Waals surface area contributed by atoms with Gasteiger partial charge in [0.25, 0.3) is 0 Å². The average Bonchev–Trinajstić information content (AvgIpc) is 3.95. The zero-order valence-corrected chi connectivity index (χ0v) is 38.3. The van der Waals surface area contributed by atoms with Gasteiger partial charge in [-0.3, -0.25) is 4.70 Å². The first-order valence-corrected chi connectivity index (χ1v) is 22.4. The number of halogens is 4. The van der Waals surface area contributed by atoms with Crippen LogP contribution in [0, 0.1) is 0 Å². The monoisotopic (exact) mass is 966 g/mol. The van der Waals surface area contributed by atoms with Crippen molar-refractivity contribution in [3.05, 3.63) is 209 Å². The van der Waals surface area contributed by atoms with Gasteiger partial charge in [0.2, 0.25) is 5.28 Å². The van der Waals surface area contributed by atoms with Crippen LogP contribution < -0.4 is 5.46 Å². The number of hydrogen-bond donors (Lipinski definition) is 2. The molecule has 15 heteroatoms. The second-order valence-electron chi connectivity index (χ2n) is 15.3. The summed E-state index contributed by atoms with van der Waals surface area (Å²) in [7, 11) is -1.43. The van der Waals surface area contributed by atoms with Gasteiger partial charge in [0.05, 0.1) is 0 Å². The van der Waals surface area contributed by atoms with Gasteiger partial charge in [-0.05, 0) is 77.7 Å². The highest BCUT2D eigenvalue weighted by molar-refractivity contribution is 6.59. The minimum absolute atomic E-state index is 0. The summed E-state index contributed by atoms with van der Waals surface area (Å²) in [6.45, 7) is 0. The van der Waals surface area contributed by atoms with E-state index in [1.165, 1.54) is 6.07 Å². The van der Waals surface area contributed by atoms with Gasteiger partial charge in [0.15, 0.2) is 29.1 Å². The van der Waals surface area contributed by atoms with Gasteiger partial charge in [-0.25, -0.2) is 19.9 Å². The number of para-hydroxylation sites is 2. The molecule has 0 spiro atoms. The third kappa shape index (κ3) is 10.4. The van der Waals surface area contributed by atoms with Crippen LogP contribution in [0.3, 0.4) is 0 Å². The van der Waals surface area contributed by atoms with Gasteiger partial charge < -0.3 is 18.9 Å². The maximum Gasteiger partial charge on any atom is 0.488 e. The lowest BCUT2D eigenvalue weighted by molar-refractivity contribution is 0.426. The maximum atomic E-state index is 8.65. The van der Waals surface area contributed by atoms with Gasteiger partial charge in [0, 0.05) is 59.4 Å². The molecule has 4 aromatic heterocycles. The summed E-state index contributed by atoms with van der Waals surface area (Å²) < 4.78 is 12.0. The van der Waals surface area contributed by atoms with Crippen molar-refractivity contribution >= 4 is 91.3 Å². The number of hydrogen-bond acceptors (Lipinski definition) is 10. The molecule has 336 valence electrons. The van der Waals surface area contributed by atoms with Crippen LogP contribution in [0.25, 0.3) is 101 Å². The summed E-state index contributed by atoms with van der Waals surface area (Å²) in [4.78, 5) is 27.4. The zero-order chi connectivity index (χ0) is 46.6. The van der Waals surface area contributed by atoms with E-state index in [1.54, 1.807) is 18.2 Å². The second-order valence-corrected chi connectivity index (χ2v) is 16.6. The third-order valence-electron chi connectivity index (χ3n) is 10.8. The molecule has 69 heavy (non-hydrogen) atoms. The fraction of sp³-hybridized carbons (Fsp3) is 0. The first-order chi connectivity index (χ1) is 33.2. The van der Waals surface area contributed by atoms with Crippen molar-refractivity contribution in [3.63, 3.8) is 0 Å². The Labute approximate surface area is 409 Å². The fourth-order valence-electron chi connectivity index (χ4n) is 7.57. The van der Waals surface area contributed by atoms with E-state index in [-0.39, 0.29) is 9.99 Å². The second kappa shape index (κ2) is 20.6. The number of furan rings is 2. The Kier molecular flexibility index (Phi) is 13.8. The van der Waals surface area contributed by atoms with E-state index in [2.05, 4.69) is 27.1 Å². The Bertz CT molecular complexity index is 3750. The molecule has 0 aliphatic carbocycles. The van der Waals surface area contributed by atoms with Crippen molar-refractivity contribution in [2.24, 2.45) is 0 Å². The summed E-state index contributed by atoms with van der Waals surface area (Å²) in [6, 6.07) is 61.6. The summed E-state index contributed by atoms with van der Waals surface area (Å²) in [5, 5.41) is 22.9. The minimum Gasteiger partial charge on any atom is -0.456 e. The molecule has 12 rings (SSSR count). The topological polar surface area (TPSA) is 144 Å². The number of benzene rings is 8. The Morgan fingerprint density at radius 2 is 0.710 bits per heavy atom. The molecule has 0 saturated carbocycles. The number of nitrogens with zero attached hydrogens (tertiary/aromatic N) is 6. The lowest BCUT2D eigenvalue weighted by Crippen LogP contribution is -2.29. The van der Waals surface area contributed by atoms with Gasteiger partial charge in [-0.2, -0.15) is 9.97 Å². The molecule has 0 bridgehead atoms. The Balaban J connectivity index is 0.000000144. The molecule has 0 aliphatic rings. The van der Waals surface area contributed by atoms with Crippen molar-refractivity contribution in [1.29, 1.82) is 0 Å².